The van der Waals surface area contributed by atoms with Crippen LogP contribution in [0.4, 0.5) is 5.69 Å². The average Bonchev–Trinajstić information content (AvgIpc) is 3.05. The van der Waals surface area contributed by atoms with Crippen molar-refractivity contribution >= 4 is 17.6 Å². The maximum Gasteiger partial charge on any atom is 0.331 e. The Balaban J connectivity index is 1.49. The highest BCUT2D eigenvalue weighted by molar-refractivity contribution is 6.01. The number of anilines is 1. The van der Waals surface area contributed by atoms with Crippen LogP contribution in [0.5, 0.6) is 23.0 Å². The maximum atomic E-state index is 12.2. The van der Waals surface area contributed by atoms with E-state index in [0.717, 1.165) is 0 Å². The zero-order valence-electron chi connectivity index (χ0n) is 12.6. The molecule has 1 amide bonds. The van der Waals surface area contributed by atoms with Crippen LogP contribution in [0, 0.1) is 0 Å². The van der Waals surface area contributed by atoms with Crippen molar-refractivity contribution in [1.82, 2.24) is 0 Å². The molecule has 2 aliphatic rings. The molecule has 0 aliphatic carbocycles. The number of esters is 1. The van der Waals surface area contributed by atoms with E-state index in [1.807, 2.05) is 0 Å². The minimum atomic E-state index is -0.557. The molecule has 0 atom stereocenters. The largest absolute Gasteiger partial charge is 0.482 e. The van der Waals surface area contributed by atoms with Crippen molar-refractivity contribution in [3.05, 3.63) is 42.5 Å². The summed E-state index contributed by atoms with van der Waals surface area (Å²) in [7, 11) is 0. The Morgan fingerprint density at radius 1 is 1.04 bits per heavy atom. The van der Waals surface area contributed by atoms with E-state index in [2.05, 4.69) is 0 Å². The van der Waals surface area contributed by atoms with Crippen molar-refractivity contribution in [3.63, 3.8) is 0 Å². The van der Waals surface area contributed by atoms with Crippen LogP contribution in [0.2, 0.25) is 0 Å². The first-order chi connectivity index (χ1) is 11.7. The Labute approximate surface area is 137 Å². The van der Waals surface area contributed by atoms with Gasteiger partial charge in [0.15, 0.2) is 18.1 Å². The maximum absolute atomic E-state index is 12.2. The molecule has 122 valence electrons. The second kappa shape index (κ2) is 5.77. The summed E-state index contributed by atoms with van der Waals surface area (Å²) < 4.78 is 21.1. The van der Waals surface area contributed by atoms with Gasteiger partial charge in [0.1, 0.15) is 18.0 Å². The van der Waals surface area contributed by atoms with Crippen LogP contribution in [0.1, 0.15) is 0 Å². The number of fused-ring (bicyclic) bond motifs is 2. The van der Waals surface area contributed by atoms with Crippen LogP contribution in [0.25, 0.3) is 0 Å². The molecule has 0 saturated heterocycles. The molecule has 2 aromatic rings. The molecule has 0 saturated carbocycles. The van der Waals surface area contributed by atoms with Gasteiger partial charge in [0.2, 0.25) is 6.79 Å². The van der Waals surface area contributed by atoms with Crippen LogP contribution in [0.15, 0.2) is 42.5 Å². The molecule has 0 radical (unpaired) electrons. The van der Waals surface area contributed by atoms with E-state index in [1.54, 1.807) is 42.5 Å². The van der Waals surface area contributed by atoms with Gasteiger partial charge >= 0.3 is 5.97 Å². The summed E-state index contributed by atoms with van der Waals surface area (Å²) >= 11 is 0. The van der Waals surface area contributed by atoms with Crippen LogP contribution in [0.3, 0.4) is 0 Å². The van der Waals surface area contributed by atoms with Crippen molar-refractivity contribution in [2.45, 2.75) is 0 Å². The molecule has 2 aromatic carbocycles. The number of rotatable bonds is 3. The number of nitrogens with zero attached hydrogens (tertiary/aromatic N) is 1. The third-order valence-corrected chi connectivity index (χ3v) is 3.67. The van der Waals surface area contributed by atoms with Crippen molar-refractivity contribution < 1.29 is 28.5 Å². The smallest absolute Gasteiger partial charge is 0.331 e. The summed E-state index contributed by atoms with van der Waals surface area (Å²) in [6.45, 7) is -0.159. The minimum Gasteiger partial charge on any atom is -0.482 e. The van der Waals surface area contributed by atoms with E-state index in [1.165, 1.54) is 4.90 Å². The van der Waals surface area contributed by atoms with Crippen molar-refractivity contribution in [1.29, 1.82) is 0 Å². The number of carbonyl (C=O) groups is 2. The van der Waals surface area contributed by atoms with Gasteiger partial charge in [-0.25, -0.2) is 4.79 Å². The lowest BCUT2D eigenvalue weighted by molar-refractivity contribution is -0.134. The van der Waals surface area contributed by atoms with E-state index in [4.69, 9.17) is 18.9 Å². The molecule has 7 nitrogen and oxygen atoms in total. The number of hydrogen-bond donors (Lipinski definition) is 0. The Bertz CT molecular complexity index is 818. The van der Waals surface area contributed by atoms with Crippen molar-refractivity contribution in [2.75, 3.05) is 24.8 Å². The fourth-order valence-corrected chi connectivity index (χ4v) is 2.56. The molecule has 2 aliphatic heterocycles. The lowest BCUT2D eigenvalue weighted by Crippen LogP contribution is -2.43. The van der Waals surface area contributed by atoms with Gasteiger partial charge in [-0.1, -0.05) is 12.1 Å². The van der Waals surface area contributed by atoms with E-state index in [0.29, 0.717) is 28.7 Å². The quantitative estimate of drug-likeness (QED) is 0.631. The lowest BCUT2D eigenvalue weighted by atomic mass is 10.2. The van der Waals surface area contributed by atoms with Gasteiger partial charge in [-0.15, -0.1) is 0 Å². The van der Waals surface area contributed by atoms with Crippen molar-refractivity contribution in [3.8, 4) is 23.0 Å². The topological polar surface area (TPSA) is 74.3 Å². The third kappa shape index (κ3) is 2.60. The van der Waals surface area contributed by atoms with E-state index in [-0.39, 0.29) is 25.9 Å². The summed E-state index contributed by atoms with van der Waals surface area (Å²) in [5.41, 5.74) is 0.552. The highest BCUT2D eigenvalue weighted by Crippen LogP contribution is 2.35. The van der Waals surface area contributed by atoms with Gasteiger partial charge < -0.3 is 18.9 Å². The van der Waals surface area contributed by atoms with E-state index >= 15 is 0 Å². The second-order valence-corrected chi connectivity index (χ2v) is 5.23. The third-order valence-electron chi connectivity index (χ3n) is 3.67. The van der Waals surface area contributed by atoms with E-state index in [9.17, 15) is 9.59 Å². The predicted molar refractivity (Wildman–Crippen MR) is 82.5 cm³/mol. The van der Waals surface area contributed by atoms with Gasteiger partial charge in [-0.05, 0) is 24.3 Å². The molecule has 24 heavy (non-hydrogen) atoms. The summed E-state index contributed by atoms with van der Waals surface area (Å²) in [6.07, 6.45) is 0. The van der Waals surface area contributed by atoms with Crippen LogP contribution >= 0.6 is 0 Å². The summed E-state index contributed by atoms with van der Waals surface area (Å²) in [6, 6.07) is 11.9. The molecular weight excluding hydrogens is 314 g/mol. The molecule has 7 heteroatoms. The molecule has 0 N–H and O–H groups in total. The number of amides is 1. The monoisotopic (exact) mass is 327 g/mol. The number of para-hydroxylation sites is 2. The summed E-state index contributed by atoms with van der Waals surface area (Å²) in [5.74, 6) is 1.17. The molecule has 0 spiro atoms. The first kappa shape index (κ1) is 14.4. The lowest BCUT2D eigenvalue weighted by Gasteiger charge is -2.28. The number of hydrogen-bond acceptors (Lipinski definition) is 6. The SMILES string of the molecule is O=C(CN1C(=O)COc2ccccc21)Oc1ccc2c(c1)OCO2. The number of benzene rings is 2. The molecule has 0 fully saturated rings. The van der Waals surface area contributed by atoms with Gasteiger partial charge in [-0.2, -0.15) is 0 Å². The Morgan fingerprint density at radius 2 is 1.88 bits per heavy atom. The molecule has 0 unspecified atom stereocenters. The van der Waals surface area contributed by atoms with Gasteiger partial charge in [-0.3, -0.25) is 9.69 Å². The van der Waals surface area contributed by atoms with Crippen LogP contribution < -0.4 is 23.8 Å². The highest BCUT2D eigenvalue weighted by atomic mass is 16.7. The highest BCUT2D eigenvalue weighted by Gasteiger charge is 2.27. The minimum absolute atomic E-state index is 0.103. The normalized spacial score (nSPS) is 14.8. The first-order valence-corrected chi connectivity index (χ1v) is 7.33. The second-order valence-electron chi connectivity index (χ2n) is 5.23. The van der Waals surface area contributed by atoms with Gasteiger partial charge in [0.05, 0.1) is 5.69 Å². The Hall–Kier alpha value is -3.22. The summed E-state index contributed by atoms with van der Waals surface area (Å²) in [5, 5.41) is 0. The first-order valence-electron chi connectivity index (χ1n) is 7.33. The van der Waals surface area contributed by atoms with Crippen LogP contribution in [-0.2, 0) is 9.59 Å². The summed E-state index contributed by atoms with van der Waals surface area (Å²) in [4.78, 5) is 25.6. The van der Waals surface area contributed by atoms with Gasteiger partial charge in [0, 0.05) is 6.07 Å². The Kier molecular flexibility index (Phi) is 3.45. The van der Waals surface area contributed by atoms with Crippen LogP contribution in [-0.4, -0.2) is 31.8 Å². The standard InChI is InChI=1S/C17H13NO6/c19-16-9-21-13-4-2-1-3-12(13)18(16)8-17(20)24-11-5-6-14-15(7-11)23-10-22-14/h1-7H,8-10H2. The molecular formula is C17H13NO6. The number of ether oxygens (including phenoxy) is 4. The molecule has 0 aromatic heterocycles. The van der Waals surface area contributed by atoms with Crippen molar-refractivity contribution in [2.24, 2.45) is 0 Å². The zero-order chi connectivity index (χ0) is 16.5. The molecule has 0 bridgehead atoms. The molecule has 2 heterocycles. The van der Waals surface area contributed by atoms with Gasteiger partial charge in [0.25, 0.3) is 5.91 Å². The van der Waals surface area contributed by atoms with E-state index < -0.39 is 5.97 Å². The number of carbonyl (C=O) groups excluding carboxylic acids is 2. The average molecular weight is 327 g/mol. The predicted octanol–water partition coefficient (Wildman–Crippen LogP) is 1.75. The molecule has 4 rings (SSSR count). The fourth-order valence-electron chi connectivity index (χ4n) is 2.56. The fraction of sp³-hybridized carbons (Fsp3) is 0.176. The zero-order valence-corrected chi connectivity index (χ0v) is 12.6. The Morgan fingerprint density at radius 3 is 2.79 bits per heavy atom.